The van der Waals surface area contributed by atoms with E-state index in [4.69, 9.17) is 10.1 Å². The van der Waals surface area contributed by atoms with E-state index in [1.807, 2.05) is 18.2 Å². The van der Waals surface area contributed by atoms with Gasteiger partial charge < -0.3 is 10.1 Å². The first-order valence-corrected chi connectivity index (χ1v) is 7.56. The molecule has 0 amide bonds. The van der Waals surface area contributed by atoms with E-state index in [0.717, 1.165) is 23.1 Å². The molecule has 0 spiro atoms. The number of hydrogen-bond donors (Lipinski definition) is 1. The van der Waals surface area contributed by atoms with Gasteiger partial charge in [0, 0.05) is 22.9 Å². The Bertz CT molecular complexity index is 690. The maximum atomic E-state index is 7.41. The van der Waals surface area contributed by atoms with Gasteiger partial charge in [-0.25, -0.2) is 0 Å². The molecule has 0 fully saturated rings. The lowest BCUT2D eigenvalue weighted by Gasteiger charge is -2.03. The van der Waals surface area contributed by atoms with Crippen molar-refractivity contribution in [3.05, 3.63) is 64.7 Å². The highest BCUT2D eigenvalue weighted by atomic mass is 16.5. The first-order valence-electron chi connectivity index (χ1n) is 7.56. The van der Waals surface area contributed by atoms with Crippen LogP contribution in [0.25, 0.3) is 0 Å². The van der Waals surface area contributed by atoms with Gasteiger partial charge in [-0.2, -0.15) is 0 Å². The lowest BCUT2D eigenvalue weighted by Crippen LogP contribution is -1.91. The average Bonchev–Trinajstić information content (AvgIpc) is 2.58. The second kappa shape index (κ2) is 8.05. The van der Waals surface area contributed by atoms with Gasteiger partial charge in [0.1, 0.15) is 5.75 Å². The molecule has 0 aliphatic rings. The molecule has 2 nitrogen and oxygen atoms in total. The van der Waals surface area contributed by atoms with Crippen molar-refractivity contribution in [1.29, 1.82) is 5.41 Å². The zero-order valence-electron chi connectivity index (χ0n) is 13.1. The summed E-state index contributed by atoms with van der Waals surface area (Å²) < 4.78 is 5.20. The molecule has 1 N–H and O–H groups in total. The lowest BCUT2D eigenvalue weighted by molar-refractivity contribution is 0.414. The van der Waals surface area contributed by atoms with E-state index in [2.05, 4.69) is 43.0 Å². The van der Waals surface area contributed by atoms with Gasteiger partial charge in [-0.1, -0.05) is 37.3 Å². The third kappa shape index (κ3) is 4.23. The van der Waals surface area contributed by atoms with Crippen molar-refractivity contribution in [3.63, 3.8) is 0 Å². The molecule has 0 radical (unpaired) electrons. The Balaban J connectivity index is 2.14. The Morgan fingerprint density at radius 3 is 2.36 bits per heavy atom. The summed E-state index contributed by atoms with van der Waals surface area (Å²) in [7, 11) is 1.60. The molecule has 0 saturated heterocycles. The van der Waals surface area contributed by atoms with Gasteiger partial charge in [0.15, 0.2) is 0 Å². The van der Waals surface area contributed by atoms with Crippen LogP contribution >= 0.6 is 0 Å². The minimum absolute atomic E-state index is 0.695. The van der Waals surface area contributed by atoms with Crippen LogP contribution in [0.5, 0.6) is 5.75 Å². The topological polar surface area (TPSA) is 33.1 Å². The number of nitrogens with one attached hydrogen (secondary N) is 1. The average molecular weight is 291 g/mol. The quantitative estimate of drug-likeness (QED) is 0.641. The first kappa shape index (κ1) is 15.9. The van der Waals surface area contributed by atoms with E-state index in [1.165, 1.54) is 24.6 Å². The largest absolute Gasteiger partial charge is 0.496 e. The number of ether oxygens (including phenoxy) is 1. The third-order valence-corrected chi connectivity index (χ3v) is 3.51. The van der Waals surface area contributed by atoms with Crippen molar-refractivity contribution < 1.29 is 4.74 Å². The van der Waals surface area contributed by atoms with Crippen LogP contribution in [0.1, 0.15) is 42.0 Å². The standard InChI is InChI=1S/C20H21NO/c1-3-4-5-16-6-8-17(9-7-16)10-11-18-12-13-20(22-2)19(14-18)15-21/h6-9,12-15,21H,3-5H2,1-2H3. The molecule has 22 heavy (non-hydrogen) atoms. The van der Waals surface area contributed by atoms with Gasteiger partial charge >= 0.3 is 0 Å². The summed E-state index contributed by atoms with van der Waals surface area (Å²) in [5.74, 6) is 7.00. The number of rotatable bonds is 5. The molecule has 2 heteroatoms. The maximum Gasteiger partial charge on any atom is 0.127 e. The van der Waals surface area contributed by atoms with Gasteiger partial charge in [0.25, 0.3) is 0 Å². The monoisotopic (exact) mass is 291 g/mol. The molecular weight excluding hydrogens is 270 g/mol. The zero-order valence-corrected chi connectivity index (χ0v) is 13.1. The third-order valence-electron chi connectivity index (χ3n) is 3.51. The molecule has 0 aliphatic carbocycles. The highest BCUT2D eigenvalue weighted by molar-refractivity contribution is 5.82. The maximum absolute atomic E-state index is 7.41. The van der Waals surface area contributed by atoms with Gasteiger partial charge in [-0.3, -0.25) is 0 Å². The van der Waals surface area contributed by atoms with Crippen LogP contribution in [0.3, 0.4) is 0 Å². The second-order valence-corrected chi connectivity index (χ2v) is 5.15. The number of benzene rings is 2. The normalized spacial score (nSPS) is 9.73. The Morgan fingerprint density at radius 1 is 1.05 bits per heavy atom. The number of methoxy groups -OCH3 is 1. The number of unbranched alkanes of at least 4 members (excludes halogenated alkanes) is 1. The molecule has 0 unspecified atom stereocenters. The highest BCUT2D eigenvalue weighted by Gasteiger charge is 2.00. The number of aryl methyl sites for hydroxylation is 1. The van der Waals surface area contributed by atoms with Crippen LogP contribution in [0.4, 0.5) is 0 Å². The summed E-state index contributed by atoms with van der Waals surface area (Å²) >= 11 is 0. The predicted molar refractivity (Wildman–Crippen MR) is 91.9 cm³/mol. The molecule has 0 atom stereocenters. The molecule has 2 rings (SSSR count). The van der Waals surface area contributed by atoms with Crippen molar-refractivity contribution >= 4 is 6.21 Å². The van der Waals surface area contributed by atoms with Crippen LogP contribution < -0.4 is 4.74 Å². The predicted octanol–water partition coefficient (Wildman–Crippen LogP) is 4.44. The Hall–Kier alpha value is -2.53. The first-order chi connectivity index (χ1) is 10.8. The zero-order chi connectivity index (χ0) is 15.8. The van der Waals surface area contributed by atoms with E-state index < -0.39 is 0 Å². The fourth-order valence-corrected chi connectivity index (χ4v) is 2.20. The molecule has 2 aromatic rings. The van der Waals surface area contributed by atoms with Crippen molar-refractivity contribution in [3.8, 4) is 17.6 Å². The lowest BCUT2D eigenvalue weighted by atomic mass is 10.1. The summed E-state index contributed by atoms with van der Waals surface area (Å²) in [5.41, 5.74) is 3.99. The Kier molecular flexibility index (Phi) is 5.80. The summed E-state index contributed by atoms with van der Waals surface area (Å²) in [5, 5.41) is 7.41. The van der Waals surface area contributed by atoms with E-state index in [1.54, 1.807) is 7.11 Å². The van der Waals surface area contributed by atoms with Crippen molar-refractivity contribution in [2.75, 3.05) is 7.11 Å². The van der Waals surface area contributed by atoms with Crippen LogP contribution in [0, 0.1) is 17.3 Å². The molecule has 112 valence electrons. The fourth-order valence-electron chi connectivity index (χ4n) is 2.20. The molecule has 0 saturated carbocycles. The molecular formula is C20H21NO. The summed E-state index contributed by atoms with van der Waals surface area (Å²) in [6.45, 7) is 2.21. The van der Waals surface area contributed by atoms with E-state index in [-0.39, 0.29) is 0 Å². The molecule has 0 aromatic heterocycles. The van der Waals surface area contributed by atoms with E-state index in [9.17, 15) is 0 Å². The molecule has 2 aromatic carbocycles. The van der Waals surface area contributed by atoms with Crippen LogP contribution in [-0.2, 0) is 6.42 Å². The SMILES string of the molecule is CCCCc1ccc(C#Cc2ccc(OC)c(C=N)c2)cc1. The van der Waals surface area contributed by atoms with Gasteiger partial charge in [0.2, 0.25) is 0 Å². The Labute approximate surface area is 132 Å². The van der Waals surface area contributed by atoms with Gasteiger partial charge in [-0.05, 0) is 48.7 Å². The van der Waals surface area contributed by atoms with Crippen molar-refractivity contribution in [2.24, 2.45) is 0 Å². The van der Waals surface area contributed by atoms with Crippen molar-refractivity contribution in [1.82, 2.24) is 0 Å². The van der Waals surface area contributed by atoms with Gasteiger partial charge in [0.05, 0.1) is 7.11 Å². The minimum atomic E-state index is 0.695. The summed E-state index contributed by atoms with van der Waals surface area (Å²) in [6, 6.07) is 14.1. The fraction of sp³-hybridized carbons (Fsp3) is 0.250. The van der Waals surface area contributed by atoms with E-state index >= 15 is 0 Å². The Morgan fingerprint density at radius 2 is 1.73 bits per heavy atom. The number of hydrogen-bond acceptors (Lipinski definition) is 2. The van der Waals surface area contributed by atoms with Crippen LogP contribution in [0.2, 0.25) is 0 Å². The minimum Gasteiger partial charge on any atom is -0.496 e. The van der Waals surface area contributed by atoms with Gasteiger partial charge in [-0.15, -0.1) is 0 Å². The summed E-state index contributed by atoms with van der Waals surface area (Å²) in [6.07, 6.45) is 4.86. The second-order valence-electron chi connectivity index (χ2n) is 5.15. The van der Waals surface area contributed by atoms with E-state index in [0.29, 0.717) is 5.75 Å². The van der Waals surface area contributed by atoms with Crippen LogP contribution in [-0.4, -0.2) is 13.3 Å². The smallest absolute Gasteiger partial charge is 0.127 e. The molecule has 0 aliphatic heterocycles. The summed E-state index contributed by atoms with van der Waals surface area (Å²) in [4.78, 5) is 0. The van der Waals surface area contributed by atoms with Crippen LogP contribution in [0.15, 0.2) is 42.5 Å². The molecule has 0 bridgehead atoms. The molecule has 0 heterocycles. The van der Waals surface area contributed by atoms with Crippen molar-refractivity contribution in [2.45, 2.75) is 26.2 Å². The highest BCUT2D eigenvalue weighted by Crippen LogP contribution is 2.17.